The van der Waals surface area contributed by atoms with Gasteiger partial charge in [-0.3, -0.25) is 9.59 Å². The summed E-state index contributed by atoms with van der Waals surface area (Å²) in [4.78, 5) is 27.3. The van der Waals surface area contributed by atoms with Gasteiger partial charge in [-0.15, -0.1) is 12.6 Å². The van der Waals surface area contributed by atoms with Gasteiger partial charge in [0.2, 0.25) is 5.91 Å². The van der Waals surface area contributed by atoms with Crippen LogP contribution in [-0.4, -0.2) is 35.8 Å². The molecule has 0 aliphatic carbocycles. The molecule has 1 saturated heterocycles. The number of carbonyl (C=O) groups excluding carboxylic acids is 2. The van der Waals surface area contributed by atoms with Gasteiger partial charge in [0, 0.05) is 24.0 Å². The molecule has 1 fully saturated rings. The Morgan fingerprint density at radius 2 is 1.64 bits per heavy atom. The number of amides is 2. The van der Waals surface area contributed by atoms with Gasteiger partial charge in [0.25, 0.3) is 5.91 Å². The Morgan fingerprint density at radius 1 is 1.00 bits per heavy atom. The Labute approximate surface area is 153 Å². The van der Waals surface area contributed by atoms with Crippen LogP contribution in [0.5, 0.6) is 0 Å². The van der Waals surface area contributed by atoms with E-state index in [0.29, 0.717) is 30.0 Å². The summed E-state index contributed by atoms with van der Waals surface area (Å²) in [6.45, 7) is 1.30. The summed E-state index contributed by atoms with van der Waals surface area (Å²) in [5, 5.41) is 3.09. The molecule has 0 atom stereocenters. The van der Waals surface area contributed by atoms with Gasteiger partial charge >= 0.3 is 0 Å². The van der Waals surface area contributed by atoms with Gasteiger partial charge in [-0.25, -0.2) is 0 Å². The summed E-state index contributed by atoms with van der Waals surface area (Å²) in [5.74, 6) is 0.0522. The number of piperidine rings is 1. The lowest BCUT2D eigenvalue weighted by atomic mass is 10.0. The van der Waals surface area contributed by atoms with Crippen LogP contribution >= 0.6 is 12.6 Å². The minimum atomic E-state index is 0.0136. The van der Waals surface area contributed by atoms with Gasteiger partial charge in [-0.1, -0.05) is 42.5 Å². The summed E-state index contributed by atoms with van der Waals surface area (Å²) < 4.78 is 0. The fraction of sp³-hybridized carbons (Fsp3) is 0.300. The van der Waals surface area contributed by atoms with Gasteiger partial charge in [0.15, 0.2) is 0 Å². The van der Waals surface area contributed by atoms with Crippen LogP contribution in [0.3, 0.4) is 0 Å². The third-order valence-corrected chi connectivity index (χ3v) is 4.88. The van der Waals surface area contributed by atoms with Crippen LogP contribution in [0.2, 0.25) is 0 Å². The van der Waals surface area contributed by atoms with E-state index >= 15 is 0 Å². The second-order valence-corrected chi connectivity index (χ2v) is 6.80. The highest BCUT2D eigenvalue weighted by molar-refractivity contribution is 7.80. The molecule has 2 aromatic rings. The van der Waals surface area contributed by atoms with Crippen LogP contribution < -0.4 is 5.32 Å². The first-order valence-corrected chi connectivity index (χ1v) is 8.99. The molecule has 130 valence electrons. The SMILES string of the molecule is O=C(Cc1ccccc1)NC1CCN(C(=O)c2ccccc2S)CC1. The average Bonchev–Trinajstić information content (AvgIpc) is 2.63. The van der Waals surface area contributed by atoms with Crippen molar-refractivity contribution < 1.29 is 9.59 Å². The predicted molar refractivity (Wildman–Crippen MR) is 101 cm³/mol. The minimum absolute atomic E-state index is 0.0136. The summed E-state index contributed by atoms with van der Waals surface area (Å²) >= 11 is 4.36. The third-order valence-electron chi connectivity index (χ3n) is 4.49. The third kappa shape index (κ3) is 4.63. The van der Waals surface area contributed by atoms with Gasteiger partial charge in [-0.05, 0) is 30.5 Å². The summed E-state index contributed by atoms with van der Waals surface area (Å²) in [6.07, 6.45) is 1.95. The molecular formula is C20H22N2O2S. The number of carbonyl (C=O) groups is 2. The number of likely N-dealkylation sites (tertiary alicyclic amines) is 1. The summed E-state index contributed by atoms with van der Waals surface area (Å²) in [7, 11) is 0. The van der Waals surface area contributed by atoms with E-state index < -0.39 is 0 Å². The lowest BCUT2D eigenvalue weighted by Gasteiger charge is -2.32. The normalized spacial score (nSPS) is 15.0. The number of rotatable bonds is 4. The Bertz CT molecular complexity index is 740. The summed E-state index contributed by atoms with van der Waals surface area (Å²) in [6, 6.07) is 17.2. The highest BCUT2D eigenvalue weighted by Crippen LogP contribution is 2.19. The second kappa shape index (κ2) is 8.21. The van der Waals surface area contributed by atoms with Crippen molar-refractivity contribution in [2.45, 2.75) is 30.2 Å². The molecule has 25 heavy (non-hydrogen) atoms. The van der Waals surface area contributed by atoms with E-state index in [0.717, 1.165) is 18.4 Å². The first-order valence-electron chi connectivity index (χ1n) is 8.54. The molecule has 1 aliphatic heterocycles. The number of hydrogen-bond donors (Lipinski definition) is 2. The number of benzene rings is 2. The van der Waals surface area contributed by atoms with Crippen molar-refractivity contribution in [2.75, 3.05) is 13.1 Å². The molecule has 1 N–H and O–H groups in total. The van der Waals surface area contributed by atoms with E-state index in [1.807, 2.05) is 53.4 Å². The van der Waals surface area contributed by atoms with Crippen LogP contribution in [0, 0.1) is 0 Å². The largest absolute Gasteiger partial charge is 0.353 e. The van der Waals surface area contributed by atoms with Crippen molar-refractivity contribution in [3.05, 3.63) is 65.7 Å². The van der Waals surface area contributed by atoms with Gasteiger partial charge < -0.3 is 10.2 Å². The maximum Gasteiger partial charge on any atom is 0.254 e. The molecule has 1 aliphatic rings. The first-order chi connectivity index (χ1) is 12.1. The molecule has 0 saturated carbocycles. The Balaban J connectivity index is 1.49. The first kappa shape index (κ1) is 17.5. The van der Waals surface area contributed by atoms with Crippen LogP contribution in [0.25, 0.3) is 0 Å². The average molecular weight is 354 g/mol. The molecule has 1 heterocycles. The monoisotopic (exact) mass is 354 g/mol. The fourth-order valence-corrected chi connectivity index (χ4v) is 3.37. The van der Waals surface area contributed by atoms with Crippen molar-refractivity contribution >= 4 is 24.4 Å². The second-order valence-electron chi connectivity index (χ2n) is 6.31. The van der Waals surface area contributed by atoms with E-state index in [-0.39, 0.29) is 17.9 Å². The summed E-state index contributed by atoms with van der Waals surface area (Å²) in [5.41, 5.74) is 1.65. The van der Waals surface area contributed by atoms with Crippen LogP contribution in [0.1, 0.15) is 28.8 Å². The molecule has 0 bridgehead atoms. The fourth-order valence-electron chi connectivity index (χ4n) is 3.11. The Morgan fingerprint density at radius 3 is 2.32 bits per heavy atom. The molecule has 0 spiro atoms. The zero-order valence-corrected chi connectivity index (χ0v) is 14.9. The van der Waals surface area contributed by atoms with Gasteiger partial charge in [0.05, 0.1) is 12.0 Å². The van der Waals surface area contributed by atoms with Gasteiger partial charge in [0.1, 0.15) is 0 Å². The Kier molecular flexibility index (Phi) is 5.76. The molecule has 3 rings (SSSR count). The van der Waals surface area contributed by atoms with E-state index in [2.05, 4.69) is 17.9 Å². The van der Waals surface area contributed by atoms with Gasteiger partial charge in [-0.2, -0.15) is 0 Å². The van der Waals surface area contributed by atoms with Crippen molar-refractivity contribution in [1.82, 2.24) is 10.2 Å². The molecule has 0 unspecified atom stereocenters. The molecule has 0 radical (unpaired) electrons. The number of nitrogens with zero attached hydrogens (tertiary/aromatic N) is 1. The van der Waals surface area contributed by atoms with Crippen LogP contribution in [0.4, 0.5) is 0 Å². The molecule has 4 nitrogen and oxygen atoms in total. The molecule has 5 heteroatoms. The lowest BCUT2D eigenvalue weighted by Crippen LogP contribution is -2.47. The van der Waals surface area contributed by atoms with E-state index in [1.54, 1.807) is 6.07 Å². The number of hydrogen-bond acceptors (Lipinski definition) is 3. The topological polar surface area (TPSA) is 49.4 Å². The maximum atomic E-state index is 12.6. The number of thiol groups is 1. The van der Waals surface area contributed by atoms with E-state index in [9.17, 15) is 9.59 Å². The maximum absolute atomic E-state index is 12.6. The van der Waals surface area contributed by atoms with Crippen molar-refractivity contribution in [1.29, 1.82) is 0 Å². The highest BCUT2D eigenvalue weighted by atomic mass is 32.1. The standard InChI is InChI=1S/C20H22N2O2S/c23-19(14-15-6-2-1-3-7-15)21-16-10-12-22(13-11-16)20(24)17-8-4-5-9-18(17)25/h1-9,16,25H,10-14H2,(H,21,23). The molecule has 0 aromatic heterocycles. The quantitative estimate of drug-likeness (QED) is 0.830. The smallest absolute Gasteiger partial charge is 0.254 e. The highest BCUT2D eigenvalue weighted by Gasteiger charge is 2.25. The van der Waals surface area contributed by atoms with Crippen molar-refractivity contribution in [3.8, 4) is 0 Å². The molecule has 2 aromatic carbocycles. The predicted octanol–water partition coefficient (Wildman–Crippen LogP) is 2.94. The van der Waals surface area contributed by atoms with Crippen LogP contribution in [-0.2, 0) is 11.2 Å². The molecular weight excluding hydrogens is 332 g/mol. The number of nitrogens with one attached hydrogen (secondary N) is 1. The van der Waals surface area contributed by atoms with Crippen LogP contribution in [0.15, 0.2) is 59.5 Å². The lowest BCUT2D eigenvalue weighted by molar-refractivity contribution is -0.121. The van der Waals surface area contributed by atoms with E-state index in [1.165, 1.54) is 0 Å². The zero-order chi connectivity index (χ0) is 17.6. The van der Waals surface area contributed by atoms with Crippen molar-refractivity contribution in [3.63, 3.8) is 0 Å². The zero-order valence-electron chi connectivity index (χ0n) is 14.0. The van der Waals surface area contributed by atoms with E-state index in [4.69, 9.17) is 0 Å². The minimum Gasteiger partial charge on any atom is -0.353 e. The Hall–Kier alpha value is -2.27. The molecule has 2 amide bonds. The van der Waals surface area contributed by atoms with Crippen molar-refractivity contribution in [2.24, 2.45) is 0 Å².